The number of alkyl halides is 3. The highest BCUT2D eigenvalue weighted by Gasteiger charge is 2.26. The van der Waals surface area contributed by atoms with E-state index in [0.717, 1.165) is 0 Å². The van der Waals surface area contributed by atoms with Gasteiger partial charge in [0.05, 0.1) is 19.6 Å². The first kappa shape index (κ1) is 17.1. The number of benzene rings is 1. The summed E-state index contributed by atoms with van der Waals surface area (Å²) in [5, 5.41) is 14.2. The smallest absolute Gasteiger partial charge is 0.390 e. The van der Waals surface area contributed by atoms with Crippen LogP contribution < -0.4 is 15.4 Å². The first-order valence-electron chi connectivity index (χ1n) is 6.22. The van der Waals surface area contributed by atoms with E-state index in [1.165, 1.54) is 7.11 Å². The van der Waals surface area contributed by atoms with Gasteiger partial charge in [0.2, 0.25) is 0 Å². The lowest BCUT2D eigenvalue weighted by molar-refractivity contribution is -0.132. The van der Waals surface area contributed by atoms with E-state index in [1.807, 2.05) is 0 Å². The van der Waals surface area contributed by atoms with Crippen molar-refractivity contribution in [1.29, 1.82) is 0 Å². The average molecular weight is 306 g/mol. The molecule has 0 aromatic heterocycles. The van der Waals surface area contributed by atoms with Crippen LogP contribution in [0.25, 0.3) is 0 Å². The molecule has 1 aromatic rings. The monoisotopic (exact) mass is 306 g/mol. The maximum absolute atomic E-state index is 11.9. The van der Waals surface area contributed by atoms with Gasteiger partial charge in [0, 0.05) is 13.1 Å². The number of rotatable bonds is 6. The highest BCUT2D eigenvalue weighted by molar-refractivity contribution is 5.73. The lowest BCUT2D eigenvalue weighted by Crippen LogP contribution is -2.39. The van der Waals surface area contributed by atoms with Crippen molar-refractivity contribution in [3.05, 3.63) is 29.8 Å². The van der Waals surface area contributed by atoms with Crippen LogP contribution in [0.5, 0.6) is 5.75 Å². The molecule has 1 atom stereocenters. The Balaban J connectivity index is 2.35. The Kier molecular flexibility index (Phi) is 6.29. The van der Waals surface area contributed by atoms with Crippen molar-refractivity contribution in [2.75, 3.05) is 20.2 Å². The number of hydrogen-bond donors (Lipinski definition) is 3. The molecule has 5 nitrogen and oxygen atoms in total. The van der Waals surface area contributed by atoms with Gasteiger partial charge in [0.1, 0.15) is 5.75 Å². The first-order valence-corrected chi connectivity index (χ1v) is 6.22. The van der Waals surface area contributed by atoms with E-state index in [-0.39, 0.29) is 6.54 Å². The minimum absolute atomic E-state index is 0.120. The molecule has 0 bridgehead atoms. The number of methoxy groups -OCH3 is 1. The lowest BCUT2D eigenvalue weighted by Gasteiger charge is -2.14. The summed E-state index contributed by atoms with van der Waals surface area (Å²) in [6.45, 7) is -0.629. The van der Waals surface area contributed by atoms with E-state index >= 15 is 0 Å². The number of carbonyl (C=O) groups excluding carboxylic acids is 1. The number of urea groups is 1. The first-order chi connectivity index (χ1) is 9.81. The van der Waals surface area contributed by atoms with Crippen molar-refractivity contribution in [2.24, 2.45) is 0 Å². The van der Waals surface area contributed by atoms with Gasteiger partial charge >= 0.3 is 12.2 Å². The predicted molar refractivity (Wildman–Crippen MR) is 70.0 cm³/mol. The van der Waals surface area contributed by atoms with Crippen LogP contribution >= 0.6 is 0 Å². The van der Waals surface area contributed by atoms with Crippen molar-refractivity contribution in [1.82, 2.24) is 10.6 Å². The molecule has 2 amide bonds. The number of ether oxygens (including phenoxy) is 1. The van der Waals surface area contributed by atoms with Crippen LogP contribution in [0.4, 0.5) is 18.0 Å². The summed E-state index contributed by atoms with van der Waals surface area (Å²) < 4.78 is 40.7. The van der Waals surface area contributed by atoms with Gasteiger partial charge in [0.15, 0.2) is 0 Å². The Morgan fingerprint density at radius 2 is 2.10 bits per heavy atom. The molecule has 21 heavy (non-hydrogen) atoms. The second kappa shape index (κ2) is 7.72. The minimum atomic E-state index is -4.31. The molecule has 0 radical (unpaired) electrons. The average Bonchev–Trinajstić information content (AvgIpc) is 2.43. The molecule has 3 N–H and O–H groups in total. The second-order valence-electron chi connectivity index (χ2n) is 4.29. The van der Waals surface area contributed by atoms with Gasteiger partial charge < -0.3 is 20.5 Å². The van der Waals surface area contributed by atoms with Crippen molar-refractivity contribution in [3.63, 3.8) is 0 Å². The van der Waals surface area contributed by atoms with Crippen molar-refractivity contribution in [2.45, 2.75) is 18.7 Å². The fourth-order valence-corrected chi connectivity index (χ4v) is 1.54. The Hall–Kier alpha value is -1.96. The lowest BCUT2D eigenvalue weighted by atomic mass is 10.1. The van der Waals surface area contributed by atoms with Gasteiger partial charge in [-0.25, -0.2) is 4.79 Å². The van der Waals surface area contributed by atoms with Gasteiger partial charge in [-0.3, -0.25) is 0 Å². The summed E-state index contributed by atoms with van der Waals surface area (Å²) in [6, 6.07) is 5.87. The highest BCUT2D eigenvalue weighted by atomic mass is 19.4. The molecule has 0 spiro atoms. The largest absolute Gasteiger partial charge is 0.497 e. The third-order valence-corrected chi connectivity index (χ3v) is 2.63. The number of halogens is 3. The number of nitrogens with one attached hydrogen (secondary N) is 2. The molecule has 0 aliphatic rings. The molecule has 8 heteroatoms. The molecule has 1 rings (SSSR count). The van der Waals surface area contributed by atoms with Crippen LogP contribution in [-0.2, 0) is 0 Å². The van der Waals surface area contributed by atoms with Gasteiger partial charge in [-0.1, -0.05) is 12.1 Å². The zero-order chi connectivity index (χ0) is 15.9. The summed E-state index contributed by atoms with van der Waals surface area (Å²) in [4.78, 5) is 11.3. The number of hydrogen-bond acceptors (Lipinski definition) is 3. The molecule has 0 saturated heterocycles. The van der Waals surface area contributed by atoms with Crippen LogP contribution in [0.3, 0.4) is 0 Å². The number of carbonyl (C=O) groups is 1. The highest BCUT2D eigenvalue weighted by Crippen LogP contribution is 2.19. The zero-order valence-corrected chi connectivity index (χ0v) is 11.4. The molecule has 1 unspecified atom stereocenters. The quantitative estimate of drug-likeness (QED) is 0.752. The molecule has 118 valence electrons. The molecular formula is C13H17F3N2O3. The maximum Gasteiger partial charge on any atom is 0.390 e. The Labute approximate surface area is 120 Å². The Bertz CT molecular complexity index is 466. The van der Waals surface area contributed by atoms with Gasteiger partial charge in [-0.2, -0.15) is 13.2 Å². The van der Waals surface area contributed by atoms with E-state index < -0.39 is 31.3 Å². The van der Waals surface area contributed by atoms with Crippen LogP contribution in [-0.4, -0.2) is 37.5 Å². The van der Waals surface area contributed by atoms with Crippen molar-refractivity contribution < 1.29 is 27.8 Å². The molecule has 0 aliphatic heterocycles. The Morgan fingerprint density at radius 3 is 2.71 bits per heavy atom. The third-order valence-electron chi connectivity index (χ3n) is 2.63. The third kappa shape index (κ3) is 6.84. The van der Waals surface area contributed by atoms with E-state index in [0.29, 0.717) is 11.3 Å². The number of aliphatic hydroxyl groups excluding tert-OH is 1. The topological polar surface area (TPSA) is 70.6 Å². The van der Waals surface area contributed by atoms with E-state index in [9.17, 15) is 23.1 Å². The van der Waals surface area contributed by atoms with Crippen molar-refractivity contribution >= 4 is 6.03 Å². The fourth-order valence-electron chi connectivity index (χ4n) is 1.54. The molecule has 0 fully saturated rings. The summed E-state index contributed by atoms with van der Waals surface area (Å²) in [6.07, 6.45) is -6.39. The van der Waals surface area contributed by atoms with Gasteiger partial charge in [-0.15, -0.1) is 0 Å². The minimum Gasteiger partial charge on any atom is -0.497 e. The van der Waals surface area contributed by atoms with Crippen LogP contribution in [0.15, 0.2) is 24.3 Å². The normalized spacial score (nSPS) is 12.6. The summed E-state index contributed by atoms with van der Waals surface area (Å²) >= 11 is 0. The summed E-state index contributed by atoms with van der Waals surface area (Å²) in [7, 11) is 1.48. The standard InChI is InChI=1S/C13H17F3N2O3/c1-21-10-4-2-3-9(7-10)11(19)8-18-12(20)17-6-5-13(14,15)16/h2-4,7,11,19H,5-6,8H2,1H3,(H2,17,18,20). The molecular weight excluding hydrogens is 289 g/mol. The zero-order valence-electron chi connectivity index (χ0n) is 11.4. The van der Waals surface area contributed by atoms with E-state index in [1.54, 1.807) is 24.3 Å². The van der Waals surface area contributed by atoms with Gasteiger partial charge in [-0.05, 0) is 17.7 Å². The molecule has 1 aromatic carbocycles. The van der Waals surface area contributed by atoms with Crippen molar-refractivity contribution in [3.8, 4) is 5.75 Å². The van der Waals surface area contributed by atoms with Crippen LogP contribution in [0.1, 0.15) is 18.1 Å². The summed E-state index contributed by atoms with van der Waals surface area (Å²) in [5.74, 6) is 0.557. The van der Waals surface area contributed by atoms with Crippen LogP contribution in [0.2, 0.25) is 0 Å². The predicted octanol–water partition coefficient (Wildman–Crippen LogP) is 1.98. The molecule has 0 aliphatic carbocycles. The van der Waals surface area contributed by atoms with E-state index in [4.69, 9.17) is 4.74 Å². The SMILES string of the molecule is COc1cccc(C(O)CNC(=O)NCCC(F)(F)F)c1. The number of aliphatic hydroxyl groups is 1. The summed E-state index contributed by atoms with van der Waals surface area (Å²) in [5.41, 5.74) is 0.532. The molecule has 0 heterocycles. The Morgan fingerprint density at radius 1 is 1.38 bits per heavy atom. The molecule has 0 saturated carbocycles. The second-order valence-corrected chi connectivity index (χ2v) is 4.29. The number of amides is 2. The van der Waals surface area contributed by atoms with Gasteiger partial charge in [0.25, 0.3) is 0 Å². The van der Waals surface area contributed by atoms with E-state index in [2.05, 4.69) is 10.6 Å². The maximum atomic E-state index is 11.9. The van der Waals surface area contributed by atoms with Crippen LogP contribution in [0, 0.1) is 0 Å². The fraction of sp³-hybridized carbons (Fsp3) is 0.462.